The van der Waals surface area contributed by atoms with Gasteiger partial charge >= 0.3 is 0 Å². The molecule has 2 saturated heterocycles. The first-order valence-electron chi connectivity index (χ1n) is 10.5. The highest BCUT2D eigenvalue weighted by atomic mass is 32.2. The van der Waals surface area contributed by atoms with Gasteiger partial charge in [-0.15, -0.1) is 5.10 Å². The molecular weight excluding hydrogens is 444 g/mol. The summed E-state index contributed by atoms with van der Waals surface area (Å²) in [5.74, 6) is 0. The fourth-order valence-corrected chi connectivity index (χ4v) is 5.84. The second kappa shape index (κ2) is 7.96. The molecule has 2 aliphatic rings. The lowest BCUT2D eigenvalue weighted by Crippen LogP contribution is -2.44. The normalized spacial score (nSPS) is 24.8. The van der Waals surface area contributed by atoms with Crippen molar-refractivity contribution >= 4 is 20.9 Å². The van der Waals surface area contributed by atoms with E-state index in [-0.39, 0.29) is 23.6 Å². The van der Waals surface area contributed by atoms with E-state index in [1.54, 1.807) is 41.5 Å². The Morgan fingerprint density at radius 1 is 0.909 bits per heavy atom. The first-order valence-corrected chi connectivity index (χ1v) is 12.0. The SMILES string of the molecule is O=S(=O)(NC1COC2C1OCC2n1cc(-c2ccccn2)nn1)c1cccc2cccnc12. The molecular formula is C22H20N6O4S. The monoisotopic (exact) mass is 464 g/mol. The molecule has 0 spiro atoms. The summed E-state index contributed by atoms with van der Waals surface area (Å²) in [4.78, 5) is 8.69. The van der Waals surface area contributed by atoms with Gasteiger partial charge in [-0.25, -0.2) is 17.8 Å². The van der Waals surface area contributed by atoms with Gasteiger partial charge in [0, 0.05) is 17.8 Å². The number of ether oxygens (including phenoxy) is 2. The van der Waals surface area contributed by atoms with Gasteiger partial charge in [0.15, 0.2) is 0 Å². The van der Waals surface area contributed by atoms with E-state index in [0.29, 0.717) is 17.8 Å². The van der Waals surface area contributed by atoms with Crippen LogP contribution in [0.2, 0.25) is 0 Å². The van der Waals surface area contributed by atoms with Gasteiger partial charge < -0.3 is 9.47 Å². The predicted octanol–water partition coefficient (Wildman–Crippen LogP) is 1.57. The van der Waals surface area contributed by atoms with E-state index >= 15 is 0 Å². The minimum absolute atomic E-state index is 0.134. The van der Waals surface area contributed by atoms with Crippen molar-refractivity contribution in [1.29, 1.82) is 0 Å². The molecule has 168 valence electrons. The van der Waals surface area contributed by atoms with Crippen molar-refractivity contribution in [3.8, 4) is 11.4 Å². The highest BCUT2D eigenvalue weighted by molar-refractivity contribution is 7.89. The van der Waals surface area contributed by atoms with Crippen LogP contribution < -0.4 is 4.72 Å². The molecule has 4 aromatic rings. The van der Waals surface area contributed by atoms with Crippen LogP contribution in [0.3, 0.4) is 0 Å². The molecule has 11 heteroatoms. The topological polar surface area (TPSA) is 121 Å². The van der Waals surface area contributed by atoms with Gasteiger partial charge in [-0.05, 0) is 24.3 Å². The summed E-state index contributed by atoms with van der Waals surface area (Å²) in [5, 5.41) is 9.21. The standard InChI is InChI=1S/C22H20N6O4S/c29-33(30,19-8-3-5-14-6-4-10-24-20(14)19)26-17-12-31-22-18(13-32-21(17)22)28-11-16(25-27-28)15-7-1-2-9-23-15/h1-11,17-18,21-22,26H,12-13H2. The van der Waals surface area contributed by atoms with Crippen LogP contribution in [0.15, 0.2) is 72.0 Å². The van der Waals surface area contributed by atoms with E-state index in [0.717, 1.165) is 11.1 Å². The number of hydrogen-bond donors (Lipinski definition) is 1. The largest absolute Gasteiger partial charge is 0.371 e. The minimum Gasteiger partial charge on any atom is -0.371 e. The number of sulfonamides is 1. The van der Waals surface area contributed by atoms with E-state index in [2.05, 4.69) is 25.0 Å². The molecule has 5 heterocycles. The van der Waals surface area contributed by atoms with Crippen LogP contribution >= 0.6 is 0 Å². The molecule has 6 rings (SSSR count). The van der Waals surface area contributed by atoms with Crippen molar-refractivity contribution in [1.82, 2.24) is 29.7 Å². The zero-order valence-corrected chi connectivity index (χ0v) is 18.2. The van der Waals surface area contributed by atoms with Gasteiger partial charge in [-0.2, -0.15) is 0 Å². The Bertz CT molecular complexity index is 1410. The summed E-state index contributed by atoms with van der Waals surface area (Å²) >= 11 is 0. The van der Waals surface area contributed by atoms with Crippen LogP contribution in [0, 0.1) is 0 Å². The molecule has 1 aromatic carbocycles. The number of nitrogens with zero attached hydrogens (tertiary/aromatic N) is 5. The molecule has 33 heavy (non-hydrogen) atoms. The van der Waals surface area contributed by atoms with Crippen molar-refractivity contribution in [2.75, 3.05) is 13.2 Å². The molecule has 4 unspecified atom stereocenters. The van der Waals surface area contributed by atoms with Gasteiger partial charge in [0.25, 0.3) is 0 Å². The maximum absolute atomic E-state index is 13.2. The zero-order valence-electron chi connectivity index (χ0n) is 17.4. The summed E-state index contributed by atoms with van der Waals surface area (Å²) in [6.07, 6.45) is 4.31. The van der Waals surface area contributed by atoms with Gasteiger partial charge in [0.05, 0.1) is 36.7 Å². The lowest BCUT2D eigenvalue weighted by Gasteiger charge is -2.18. The number of fused-ring (bicyclic) bond motifs is 2. The fraction of sp³-hybridized carbons (Fsp3) is 0.273. The smallest absolute Gasteiger partial charge is 0.243 e. The number of pyridine rings is 2. The average Bonchev–Trinajstić information content (AvgIpc) is 3.57. The second-order valence-corrected chi connectivity index (χ2v) is 9.70. The van der Waals surface area contributed by atoms with E-state index in [4.69, 9.17) is 9.47 Å². The first-order chi connectivity index (χ1) is 16.1. The van der Waals surface area contributed by atoms with Crippen molar-refractivity contribution < 1.29 is 17.9 Å². The molecule has 2 fully saturated rings. The quantitative estimate of drug-likeness (QED) is 0.473. The highest BCUT2D eigenvalue weighted by Gasteiger charge is 2.50. The summed E-state index contributed by atoms with van der Waals surface area (Å²) in [6.45, 7) is 0.541. The van der Waals surface area contributed by atoms with Crippen LogP contribution in [0.1, 0.15) is 6.04 Å². The lowest BCUT2D eigenvalue weighted by atomic mass is 10.1. The first kappa shape index (κ1) is 20.4. The minimum atomic E-state index is -3.84. The predicted molar refractivity (Wildman–Crippen MR) is 118 cm³/mol. The Hall–Kier alpha value is -3.25. The van der Waals surface area contributed by atoms with Crippen LogP contribution in [0.25, 0.3) is 22.3 Å². The summed E-state index contributed by atoms with van der Waals surface area (Å²) < 4.78 is 42.8. The molecule has 0 radical (unpaired) electrons. The molecule has 10 nitrogen and oxygen atoms in total. The third-order valence-corrected chi connectivity index (χ3v) is 7.52. The third kappa shape index (κ3) is 3.59. The average molecular weight is 465 g/mol. The van der Waals surface area contributed by atoms with Crippen LogP contribution in [0.4, 0.5) is 0 Å². The van der Waals surface area contributed by atoms with E-state index < -0.39 is 22.2 Å². The number of aromatic nitrogens is 5. The van der Waals surface area contributed by atoms with Crippen LogP contribution in [0.5, 0.6) is 0 Å². The highest BCUT2D eigenvalue weighted by Crippen LogP contribution is 2.35. The molecule has 2 aliphatic heterocycles. The van der Waals surface area contributed by atoms with Gasteiger partial charge in [0.2, 0.25) is 10.0 Å². The van der Waals surface area contributed by atoms with E-state index in [9.17, 15) is 8.42 Å². The molecule has 1 N–H and O–H groups in total. The maximum Gasteiger partial charge on any atom is 0.243 e. The molecule has 3 aromatic heterocycles. The van der Waals surface area contributed by atoms with Gasteiger partial charge in [-0.1, -0.05) is 29.5 Å². The Labute approximate surface area is 189 Å². The van der Waals surface area contributed by atoms with E-state index in [1.165, 1.54) is 0 Å². The maximum atomic E-state index is 13.2. The van der Waals surface area contributed by atoms with E-state index in [1.807, 2.05) is 30.3 Å². The number of para-hydroxylation sites is 1. The second-order valence-electron chi connectivity index (χ2n) is 8.02. The van der Waals surface area contributed by atoms with Gasteiger partial charge in [0.1, 0.15) is 28.8 Å². The molecule has 0 saturated carbocycles. The van der Waals surface area contributed by atoms with Crippen molar-refractivity contribution in [2.45, 2.75) is 29.2 Å². The lowest BCUT2D eigenvalue weighted by molar-refractivity contribution is 0.0624. The van der Waals surface area contributed by atoms with Crippen molar-refractivity contribution in [2.24, 2.45) is 0 Å². The number of benzene rings is 1. The Morgan fingerprint density at radius 3 is 2.64 bits per heavy atom. The molecule has 0 bridgehead atoms. The molecule has 4 atom stereocenters. The fourth-order valence-electron chi connectivity index (χ4n) is 4.43. The Morgan fingerprint density at radius 2 is 1.76 bits per heavy atom. The van der Waals surface area contributed by atoms with Crippen LogP contribution in [-0.4, -0.2) is 64.8 Å². The Balaban J connectivity index is 1.22. The summed E-state index contributed by atoms with van der Waals surface area (Å²) in [7, 11) is -3.84. The van der Waals surface area contributed by atoms with Gasteiger partial charge in [-0.3, -0.25) is 9.97 Å². The van der Waals surface area contributed by atoms with Crippen molar-refractivity contribution in [3.05, 3.63) is 67.1 Å². The molecule has 0 amide bonds. The summed E-state index contributed by atoms with van der Waals surface area (Å²) in [5.41, 5.74) is 1.80. The molecule has 0 aliphatic carbocycles. The number of hydrogen-bond acceptors (Lipinski definition) is 8. The third-order valence-electron chi connectivity index (χ3n) is 6.00. The number of rotatable bonds is 5. The zero-order chi connectivity index (χ0) is 22.4. The number of nitrogens with one attached hydrogen (secondary N) is 1. The van der Waals surface area contributed by atoms with Crippen molar-refractivity contribution in [3.63, 3.8) is 0 Å². The van der Waals surface area contributed by atoms with Crippen LogP contribution in [-0.2, 0) is 19.5 Å². The Kier molecular flexibility index (Phi) is 4.91. The summed E-state index contributed by atoms with van der Waals surface area (Å²) in [6, 6.07) is 13.5.